The highest BCUT2D eigenvalue weighted by Crippen LogP contribution is 2.40. The Balaban J connectivity index is 1.55. The highest BCUT2D eigenvalue weighted by atomic mass is 35.5. The van der Waals surface area contributed by atoms with Crippen LogP contribution in [0.1, 0.15) is 15.2 Å². The van der Waals surface area contributed by atoms with Crippen molar-refractivity contribution in [3.8, 4) is 22.1 Å². The summed E-state index contributed by atoms with van der Waals surface area (Å²) >= 11 is 9.16. The van der Waals surface area contributed by atoms with Gasteiger partial charge in [-0.3, -0.25) is 10.1 Å². The number of fused-ring (bicyclic) bond motifs is 1. The number of aryl methyl sites for hydroxylation is 1. The molecule has 1 amide bonds. The molecule has 0 fully saturated rings. The van der Waals surface area contributed by atoms with Crippen LogP contribution in [0.15, 0.2) is 29.6 Å². The second kappa shape index (κ2) is 6.08. The molecule has 1 aliphatic rings. The number of ether oxygens (including phenoxy) is 2. The van der Waals surface area contributed by atoms with Crippen molar-refractivity contribution in [3.63, 3.8) is 0 Å². The van der Waals surface area contributed by atoms with Crippen LogP contribution < -0.4 is 14.8 Å². The number of hydrogen-bond donors (Lipinski definition) is 1. The van der Waals surface area contributed by atoms with Gasteiger partial charge in [0.05, 0.1) is 15.6 Å². The normalized spacial score (nSPS) is 12.4. The molecule has 5 nitrogen and oxygen atoms in total. The third-order valence-corrected chi connectivity index (χ3v) is 5.47. The minimum atomic E-state index is -0.293. The fraction of sp³-hybridized carbons (Fsp3) is 0.125. The van der Waals surface area contributed by atoms with Crippen LogP contribution in [0, 0.1) is 6.92 Å². The molecule has 3 aromatic rings. The van der Waals surface area contributed by atoms with Crippen molar-refractivity contribution in [2.75, 3.05) is 12.1 Å². The van der Waals surface area contributed by atoms with Gasteiger partial charge in [-0.2, -0.15) is 0 Å². The first-order chi connectivity index (χ1) is 11.6. The molecule has 1 N–H and O–H groups in total. The van der Waals surface area contributed by atoms with Crippen molar-refractivity contribution in [2.24, 2.45) is 0 Å². The Kier molecular flexibility index (Phi) is 3.91. The number of benzene rings is 1. The number of thiazole rings is 1. The first kappa shape index (κ1) is 15.4. The van der Waals surface area contributed by atoms with Crippen LogP contribution >= 0.6 is 34.3 Å². The highest BCUT2D eigenvalue weighted by molar-refractivity contribution is 7.17. The number of nitrogens with one attached hydrogen (secondary N) is 1. The lowest BCUT2D eigenvalue weighted by atomic mass is 10.2. The van der Waals surface area contributed by atoms with Crippen LogP contribution in [-0.4, -0.2) is 17.7 Å². The number of thiophene rings is 1. The third kappa shape index (κ3) is 2.86. The first-order valence-electron chi connectivity index (χ1n) is 7.03. The summed E-state index contributed by atoms with van der Waals surface area (Å²) in [5.41, 5.74) is 1.25. The lowest BCUT2D eigenvalue weighted by molar-refractivity contribution is 0.102. The Hall–Kier alpha value is -2.09. The highest BCUT2D eigenvalue weighted by Gasteiger charge is 2.21. The second-order valence-corrected chi connectivity index (χ2v) is 7.65. The van der Waals surface area contributed by atoms with Crippen molar-refractivity contribution in [1.29, 1.82) is 0 Å². The molecule has 0 bridgehead atoms. The number of carbonyl (C=O) groups excluding carboxylic acids is 1. The van der Waals surface area contributed by atoms with Gasteiger partial charge in [0, 0.05) is 15.8 Å². The minimum Gasteiger partial charge on any atom is -0.454 e. The van der Waals surface area contributed by atoms with Gasteiger partial charge in [-0.25, -0.2) is 4.98 Å². The summed E-state index contributed by atoms with van der Waals surface area (Å²) in [6.07, 6.45) is 0. The van der Waals surface area contributed by atoms with Crippen LogP contribution in [-0.2, 0) is 0 Å². The zero-order valence-corrected chi connectivity index (χ0v) is 14.8. The van der Waals surface area contributed by atoms with Crippen molar-refractivity contribution in [2.45, 2.75) is 6.92 Å². The molecule has 0 atom stereocenters. The van der Waals surface area contributed by atoms with Crippen molar-refractivity contribution in [1.82, 2.24) is 4.98 Å². The molecule has 0 unspecified atom stereocenters. The van der Waals surface area contributed by atoms with E-state index in [1.54, 1.807) is 23.5 Å². The van der Waals surface area contributed by atoms with E-state index in [1.807, 2.05) is 24.4 Å². The summed E-state index contributed by atoms with van der Waals surface area (Å²) in [6, 6.07) is 7.24. The summed E-state index contributed by atoms with van der Waals surface area (Å²) in [5.74, 6) is 0.651. The van der Waals surface area contributed by atoms with Crippen LogP contribution in [0.2, 0.25) is 5.02 Å². The molecule has 4 rings (SSSR count). The molecule has 0 saturated carbocycles. The number of carbonyl (C=O) groups is 1. The Morgan fingerprint density at radius 3 is 3.00 bits per heavy atom. The second-order valence-electron chi connectivity index (χ2n) is 5.09. The van der Waals surface area contributed by atoms with E-state index in [4.69, 9.17) is 21.1 Å². The van der Waals surface area contributed by atoms with E-state index in [1.165, 1.54) is 16.2 Å². The predicted molar refractivity (Wildman–Crippen MR) is 95.7 cm³/mol. The van der Waals surface area contributed by atoms with Gasteiger partial charge in [-0.1, -0.05) is 11.6 Å². The van der Waals surface area contributed by atoms with E-state index >= 15 is 0 Å². The molecule has 3 heterocycles. The molecule has 8 heteroatoms. The summed E-state index contributed by atoms with van der Waals surface area (Å²) in [5, 5.41) is 5.60. The van der Waals surface area contributed by atoms with Crippen LogP contribution in [0.3, 0.4) is 0 Å². The maximum absolute atomic E-state index is 12.4. The molecule has 0 radical (unpaired) electrons. The number of amides is 1. The van der Waals surface area contributed by atoms with Gasteiger partial charge in [-0.15, -0.1) is 22.7 Å². The van der Waals surface area contributed by atoms with E-state index in [0.717, 1.165) is 10.6 Å². The SMILES string of the molecule is Cc1ccc(-c2csc(NC(=O)c3cc(Cl)c4c(c3)OCO4)n2)s1. The zero-order chi connectivity index (χ0) is 16.7. The van der Waals surface area contributed by atoms with Gasteiger partial charge in [0.1, 0.15) is 0 Å². The number of aromatic nitrogens is 1. The number of anilines is 1. The van der Waals surface area contributed by atoms with Gasteiger partial charge < -0.3 is 9.47 Å². The summed E-state index contributed by atoms with van der Waals surface area (Å²) in [4.78, 5) is 19.2. The molecule has 0 spiro atoms. The largest absolute Gasteiger partial charge is 0.454 e. The number of hydrogen-bond acceptors (Lipinski definition) is 6. The maximum Gasteiger partial charge on any atom is 0.257 e. The molecule has 0 aliphatic carbocycles. The average molecular weight is 379 g/mol. The van der Waals surface area contributed by atoms with E-state index < -0.39 is 0 Å². The molecular formula is C16H11ClN2O3S2. The molecule has 2 aromatic heterocycles. The van der Waals surface area contributed by atoms with Crippen LogP contribution in [0.25, 0.3) is 10.6 Å². The smallest absolute Gasteiger partial charge is 0.257 e. The lowest BCUT2D eigenvalue weighted by Gasteiger charge is -2.04. The standard InChI is InChI=1S/C16H11ClN2O3S2/c1-8-2-3-13(24-8)11-6-23-16(18-11)19-15(20)9-4-10(17)14-12(5-9)21-7-22-14/h2-6H,7H2,1H3,(H,18,19,20). The zero-order valence-electron chi connectivity index (χ0n) is 12.5. The van der Waals surface area contributed by atoms with Crippen molar-refractivity contribution in [3.05, 3.63) is 45.1 Å². The first-order valence-corrected chi connectivity index (χ1v) is 9.10. The maximum atomic E-state index is 12.4. The van der Waals surface area contributed by atoms with Gasteiger partial charge >= 0.3 is 0 Å². The Morgan fingerprint density at radius 2 is 2.21 bits per heavy atom. The summed E-state index contributed by atoms with van der Waals surface area (Å²) in [6.45, 7) is 2.16. The molecule has 1 aliphatic heterocycles. The molecule has 24 heavy (non-hydrogen) atoms. The third-order valence-electron chi connectivity index (χ3n) is 3.41. The minimum absolute atomic E-state index is 0.107. The monoisotopic (exact) mass is 378 g/mol. The number of rotatable bonds is 3. The van der Waals surface area contributed by atoms with Gasteiger partial charge in [0.2, 0.25) is 6.79 Å². The fourth-order valence-corrected chi connectivity index (χ4v) is 4.16. The quantitative estimate of drug-likeness (QED) is 0.710. The van der Waals surface area contributed by atoms with Gasteiger partial charge in [-0.05, 0) is 31.2 Å². The van der Waals surface area contributed by atoms with Gasteiger partial charge in [0.15, 0.2) is 16.6 Å². The summed E-state index contributed by atoms with van der Waals surface area (Å²) < 4.78 is 10.5. The molecule has 1 aromatic carbocycles. The van der Waals surface area contributed by atoms with Crippen LogP contribution in [0.5, 0.6) is 11.5 Å². The van der Waals surface area contributed by atoms with E-state index in [-0.39, 0.29) is 12.7 Å². The van der Waals surface area contributed by atoms with E-state index in [9.17, 15) is 4.79 Å². The van der Waals surface area contributed by atoms with E-state index in [2.05, 4.69) is 10.3 Å². The van der Waals surface area contributed by atoms with Crippen molar-refractivity contribution >= 4 is 45.3 Å². The van der Waals surface area contributed by atoms with Crippen LogP contribution in [0.4, 0.5) is 5.13 Å². The predicted octanol–water partition coefficient (Wildman–Crippen LogP) is 4.81. The Bertz CT molecular complexity index is 935. The average Bonchev–Trinajstić information content (AvgIpc) is 3.26. The molecule has 0 saturated heterocycles. The van der Waals surface area contributed by atoms with Crippen molar-refractivity contribution < 1.29 is 14.3 Å². The fourth-order valence-electron chi connectivity index (χ4n) is 2.28. The number of halogens is 1. The Labute approximate surface area is 150 Å². The lowest BCUT2D eigenvalue weighted by Crippen LogP contribution is -2.11. The Morgan fingerprint density at radius 1 is 1.33 bits per heavy atom. The number of nitrogens with zero attached hydrogens (tertiary/aromatic N) is 1. The van der Waals surface area contributed by atoms with E-state index in [0.29, 0.717) is 27.2 Å². The summed E-state index contributed by atoms with van der Waals surface area (Å²) in [7, 11) is 0. The molecule has 122 valence electrons. The van der Waals surface area contributed by atoms with Gasteiger partial charge in [0.25, 0.3) is 5.91 Å². The topological polar surface area (TPSA) is 60.5 Å². The molecular weight excluding hydrogens is 368 g/mol.